The van der Waals surface area contributed by atoms with E-state index in [4.69, 9.17) is 20.2 Å². The molecular weight excluding hydrogens is 611 g/mol. The summed E-state index contributed by atoms with van der Waals surface area (Å²) in [5.74, 6) is 0. The Bertz CT molecular complexity index is 2850. The van der Waals surface area contributed by atoms with Gasteiger partial charge in [0.15, 0.2) is 0 Å². The second-order valence-electron chi connectivity index (χ2n) is 12.5. The standard InChI is InChI=1S/C45H27N5/c1-4-14-28(15-5-1)31-20-10-11-22-33(31)40-43(30-18-8-3-9-19-30)48-50-49-45(40)35-25-27-37-41(39(35)29-16-6-2-7-17-29)42-38(46-37)26-24-34-32-21-12-13-23-36(32)47-44(34)42/h1-27H. The number of hydrogen-bond acceptors (Lipinski definition) is 5. The largest absolute Gasteiger partial charge is 0.248 e. The topological polar surface area (TPSA) is 63.4 Å². The quantitative estimate of drug-likeness (QED) is 0.189. The summed E-state index contributed by atoms with van der Waals surface area (Å²) in [7, 11) is 0. The van der Waals surface area contributed by atoms with Crippen molar-refractivity contribution in [2.75, 3.05) is 0 Å². The Morgan fingerprint density at radius 1 is 0.320 bits per heavy atom. The zero-order valence-electron chi connectivity index (χ0n) is 26.8. The van der Waals surface area contributed by atoms with Gasteiger partial charge >= 0.3 is 0 Å². The van der Waals surface area contributed by atoms with E-state index in [9.17, 15) is 0 Å². The second kappa shape index (κ2) is 11.4. The van der Waals surface area contributed by atoms with Crippen molar-refractivity contribution in [3.8, 4) is 67.0 Å². The summed E-state index contributed by atoms with van der Waals surface area (Å²) >= 11 is 0. The molecule has 2 aliphatic rings. The van der Waals surface area contributed by atoms with Crippen LogP contribution in [-0.2, 0) is 0 Å². The van der Waals surface area contributed by atoms with Crippen molar-refractivity contribution in [2.24, 2.45) is 9.98 Å². The molecule has 0 bridgehead atoms. The van der Waals surface area contributed by atoms with Gasteiger partial charge in [-0.1, -0.05) is 133 Å². The second-order valence-corrected chi connectivity index (χ2v) is 12.5. The average Bonchev–Trinajstić information content (AvgIpc) is 3.77. The van der Waals surface area contributed by atoms with Crippen LogP contribution in [0.4, 0.5) is 11.4 Å². The first kappa shape index (κ1) is 28.2. The van der Waals surface area contributed by atoms with E-state index in [2.05, 4.69) is 139 Å². The highest BCUT2D eigenvalue weighted by Gasteiger charge is 2.29. The van der Waals surface area contributed by atoms with Gasteiger partial charge in [-0.15, -0.1) is 10.2 Å². The van der Waals surface area contributed by atoms with E-state index in [1.54, 1.807) is 0 Å². The molecule has 0 amide bonds. The lowest BCUT2D eigenvalue weighted by atomic mass is 9.84. The number of rotatable bonds is 5. The Kier molecular flexibility index (Phi) is 6.42. The Labute approximate surface area is 288 Å². The van der Waals surface area contributed by atoms with Crippen molar-refractivity contribution in [1.29, 1.82) is 0 Å². The van der Waals surface area contributed by atoms with Crippen LogP contribution in [-0.4, -0.2) is 15.4 Å². The molecule has 0 atom stereocenters. The molecule has 0 fully saturated rings. The molecule has 2 aliphatic heterocycles. The van der Waals surface area contributed by atoms with Gasteiger partial charge in [0.2, 0.25) is 0 Å². The minimum Gasteiger partial charge on any atom is -0.248 e. The summed E-state index contributed by atoms with van der Waals surface area (Å²) in [4.78, 5) is 10.4. The van der Waals surface area contributed by atoms with E-state index in [0.717, 1.165) is 99.5 Å². The van der Waals surface area contributed by atoms with Crippen molar-refractivity contribution in [3.63, 3.8) is 0 Å². The molecule has 0 radical (unpaired) electrons. The number of hydrogen-bond donors (Lipinski definition) is 0. The first-order valence-corrected chi connectivity index (χ1v) is 16.7. The lowest BCUT2D eigenvalue weighted by Gasteiger charge is -2.20. The van der Waals surface area contributed by atoms with E-state index in [1.165, 1.54) is 0 Å². The van der Waals surface area contributed by atoms with E-state index in [-0.39, 0.29) is 0 Å². The van der Waals surface area contributed by atoms with E-state index in [0.29, 0.717) is 0 Å². The van der Waals surface area contributed by atoms with Crippen molar-refractivity contribution in [1.82, 2.24) is 15.4 Å². The summed E-state index contributed by atoms with van der Waals surface area (Å²) < 4.78 is 0. The molecule has 5 heteroatoms. The van der Waals surface area contributed by atoms with Crippen LogP contribution in [0, 0.1) is 10.4 Å². The molecule has 8 aromatic rings. The molecule has 3 heterocycles. The molecule has 0 unspecified atom stereocenters. The molecule has 50 heavy (non-hydrogen) atoms. The first-order valence-electron chi connectivity index (χ1n) is 16.7. The van der Waals surface area contributed by atoms with Crippen molar-refractivity contribution >= 4 is 11.4 Å². The molecule has 0 saturated carbocycles. The van der Waals surface area contributed by atoms with Crippen LogP contribution in [0.3, 0.4) is 0 Å². The molecule has 7 aromatic carbocycles. The van der Waals surface area contributed by atoms with Gasteiger partial charge in [0.1, 0.15) is 11.4 Å². The third-order valence-electron chi connectivity index (χ3n) is 9.67. The highest BCUT2D eigenvalue weighted by molar-refractivity contribution is 6.06. The molecule has 0 spiro atoms. The number of fused-ring (bicyclic) bond motifs is 6. The first-order chi connectivity index (χ1) is 24.8. The molecule has 10 rings (SSSR count). The van der Waals surface area contributed by atoms with Crippen LogP contribution < -0.4 is 10.7 Å². The third-order valence-corrected chi connectivity index (χ3v) is 9.67. The number of benzene rings is 7. The molecule has 1 aromatic heterocycles. The monoisotopic (exact) mass is 637 g/mol. The highest BCUT2D eigenvalue weighted by Crippen LogP contribution is 2.51. The van der Waals surface area contributed by atoms with Gasteiger partial charge < -0.3 is 0 Å². The maximum Gasteiger partial charge on any atom is 0.105 e. The summed E-state index contributed by atoms with van der Waals surface area (Å²) in [5, 5.41) is 18.2. The fourth-order valence-electron chi connectivity index (χ4n) is 7.48. The molecular formula is C45H27N5. The van der Waals surface area contributed by atoms with Gasteiger partial charge in [-0.05, 0) is 57.8 Å². The van der Waals surface area contributed by atoms with Gasteiger partial charge in [0, 0.05) is 43.8 Å². The van der Waals surface area contributed by atoms with Crippen LogP contribution >= 0.6 is 0 Å². The van der Waals surface area contributed by atoms with Gasteiger partial charge in [-0.2, -0.15) is 0 Å². The maximum atomic E-state index is 5.19. The van der Waals surface area contributed by atoms with Gasteiger partial charge in [0.25, 0.3) is 0 Å². The fourth-order valence-corrected chi connectivity index (χ4v) is 7.48. The maximum absolute atomic E-state index is 5.19. The molecule has 232 valence electrons. The molecule has 0 aliphatic carbocycles. The van der Waals surface area contributed by atoms with Crippen LogP contribution in [0.15, 0.2) is 174 Å². The fraction of sp³-hybridized carbons (Fsp3) is 0. The number of nitrogens with zero attached hydrogens (tertiary/aromatic N) is 5. The lowest BCUT2D eigenvalue weighted by Crippen LogP contribution is -2.04. The summed E-state index contributed by atoms with van der Waals surface area (Å²) in [6.07, 6.45) is 0. The summed E-state index contributed by atoms with van der Waals surface area (Å²) in [5.41, 5.74) is 13.7. The predicted molar refractivity (Wildman–Crippen MR) is 198 cm³/mol. The zero-order chi connectivity index (χ0) is 33.0. The minimum atomic E-state index is 0.755. The molecule has 5 nitrogen and oxygen atoms in total. The molecule has 0 saturated heterocycles. The lowest BCUT2D eigenvalue weighted by molar-refractivity contribution is 0.879. The van der Waals surface area contributed by atoms with Gasteiger partial charge in [0.05, 0.1) is 22.1 Å². The van der Waals surface area contributed by atoms with Crippen molar-refractivity contribution < 1.29 is 0 Å². The summed E-state index contributed by atoms with van der Waals surface area (Å²) in [6, 6.07) is 56.7. The van der Waals surface area contributed by atoms with E-state index < -0.39 is 0 Å². The van der Waals surface area contributed by atoms with Crippen LogP contribution in [0.25, 0.3) is 67.0 Å². The smallest absolute Gasteiger partial charge is 0.105 e. The number of para-hydroxylation sites is 1. The van der Waals surface area contributed by atoms with Gasteiger partial charge in [-0.3, -0.25) is 0 Å². The summed E-state index contributed by atoms with van der Waals surface area (Å²) in [6.45, 7) is 0. The van der Waals surface area contributed by atoms with Gasteiger partial charge in [-0.25, -0.2) is 9.98 Å². The third kappa shape index (κ3) is 4.37. The van der Waals surface area contributed by atoms with E-state index in [1.807, 2.05) is 30.3 Å². The molecule has 0 N–H and O–H groups in total. The highest BCUT2D eigenvalue weighted by atomic mass is 15.3. The normalized spacial score (nSPS) is 11.9. The van der Waals surface area contributed by atoms with Crippen molar-refractivity contribution in [2.45, 2.75) is 0 Å². The Morgan fingerprint density at radius 2 is 0.960 bits per heavy atom. The Balaban J connectivity index is 1.32. The Hall–Kier alpha value is -6.85. The predicted octanol–water partition coefficient (Wildman–Crippen LogP) is 9.69. The number of aromatic nitrogens is 3. The Morgan fingerprint density at radius 3 is 1.74 bits per heavy atom. The zero-order valence-corrected chi connectivity index (χ0v) is 26.8. The average molecular weight is 638 g/mol. The van der Waals surface area contributed by atoms with Crippen molar-refractivity contribution in [3.05, 3.63) is 185 Å². The van der Waals surface area contributed by atoms with E-state index >= 15 is 0 Å². The van der Waals surface area contributed by atoms with Crippen LogP contribution in [0.1, 0.15) is 0 Å². The van der Waals surface area contributed by atoms with Crippen LogP contribution in [0.5, 0.6) is 0 Å². The van der Waals surface area contributed by atoms with Crippen LogP contribution in [0.2, 0.25) is 0 Å². The minimum absolute atomic E-state index is 0.755. The SMILES string of the molecule is c1ccc(-c2ccccc2-c2c(-c3ccccc3)nnnc2-c2ccc3c(c2-c2ccccc2)-c2c4c(ccc2=N3)=c2ccccc2=N4)cc1.